The van der Waals surface area contributed by atoms with Crippen molar-refractivity contribution in [3.8, 4) is 0 Å². The molecule has 8 heteroatoms. The quantitative estimate of drug-likeness (QED) is 0.285. The van der Waals surface area contributed by atoms with E-state index >= 15 is 0 Å². The molecule has 0 radical (unpaired) electrons. The first-order chi connectivity index (χ1) is 10.6. The second-order valence-electron chi connectivity index (χ2n) is 4.07. The average molecular weight is 382 g/mol. The average Bonchev–Trinajstić information content (AvgIpc) is 2.87. The lowest BCUT2D eigenvalue weighted by molar-refractivity contribution is -0.135. The Morgan fingerprint density at radius 1 is 1.45 bits per heavy atom. The number of amidine groups is 1. The fourth-order valence-corrected chi connectivity index (χ4v) is 2.82. The number of methoxy groups -OCH3 is 1. The Kier molecular flexibility index (Phi) is 5.91. The molecular weight excluding hydrogens is 370 g/mol. The van der Waals surface area contributed by atoms with Gasteiger partial charge in [0, 0.05) is 11.4 Å². The minimum Gasteiger partial charge on any atom is -0.466 e. The van der Waals surface area contributed by atoms with E-state index in [9.17, 15) is 9.59 Å². The maximum absolute atomic E-state index is 11.6. The van der Waals surface area contributed by atoms with E-state index in [0.29, 0.717) is 10.5 Å². The molecule has 1 N–H and O–H groups in total. The van der Waals surface area contributed by atoms with E-state index in [-0.39, 0.29) is 4.91 Å². The number of alkyl halides is 1. The second kappa shape index (κ2) is 7.90. The zero-order valence-corrected chi connectivity index (χ0v) is 14.0. The lowest BCUT2D eigenvalue weighted by atomic mass is 10.1. The summed E-state index contributed by atoms with van der Waals surface area (Å²) in [6.07, 6.45) is 2.73. The van der Waals surface area contributed by atoms with Gasteiger partial charge in [-0.1, -0.05) is 40.2 Å². The van der Waals surface area contributed by atoms with E-state index < -0.39 is 11.9 Å². The van der Waals surface area contributed by atoms with Crippen LogP contribution in [0.15, 0.2) is 45.4 Å². The lowest BCUT2D eigenvalue weighted by Gasteiger charge is -1.99. The third kappa shape index (κ3) is 4.28. The largest absolute Gasteiger partial charge is 0.466 e. The molecule has 0 aliphatic carbocycles. The molecule has 0 unspecified atom stereocenters. The topological polar surface area (TPSA) is 80.1 Å². The van der Waals surface area contributed by atoms with Crippen LogP contribution in [0.2, 0.25) is 0 Å². The highest BCUT2D eigenvalue weighted by Gasteiger charge is 2.24. The maximum atomic E-state index is 11.6. The molecule has 1 heterocycles. The molecule has 1 aromatic rings. The minimum atomic E-state index is -0.589. The summed E-state index contributed by atoms with van der Waals surface area (Å²) in [5, 5.41) is 11.4. The highest BCUT2D eigenvalue weighted by molar-refractivity contribution is 9.08. The number of ether oxygens (including phenoxy) is 1. The summed E-state index contributed by atoms with van der Waals surface area (Å²) < 4.78 is 4.48. The van der Waals surface area contributed by atoms with Crippen LogP contribution in [-0.2, 0) is 19.7 Å². The van der Waals surface area contributed by atoms with Gasteiger partial charge >= 0.3 is 5.97 Å². The molecule has 0 bridgehead atoms. The number of carbonyl (C=O) groups is 2. The van der Waals surface area contributed by atoms with Gasteiger partial charge in [0.2, 0.25) is 0 Å². The van der Waals surface area contributed by atoms with Gasteiger partial charge in [-0.05, 0) is 22.9 Å². The molecule has 114 valence electrons. The van der Waals surface area contributed by atoms with Gasteiger partial charge in [0.25, 0.3) is 5.91 Å². The lowest BCUT2D eigenvalue weighted by Crippen LogP contribution is -2.19. The van der Waals surface area contributed by atoms with Crippen molar-refractivity contribution in [2.24, 2.45) is 10.2 Å². The molecule has 22 heavy (non-hydrogen) atoms. The number of rotatable bonds is 4. The molecule has 1 fully saturated rings. The Hall–Kier alpha value is -1.93. The van der Waals surface area contributed by atoms with Crippen LogP contribution in [0, 0.1) is 0 Å². The molecule has 2 rings (SSSR count). The number of thioether (sulfide) groups is 1. The van der Waals surface area contributed by atoms with E-state index in [1.54, 1.807) is 6.21 Å². The predicted octanol–water partition coefficient (Wildman–Crippen LogP) is 2.19. The number of hydrogen-bond donors (Lipinski definition) is 1. The van der Waals surface area contributed by atoms with Crippen LogP contribution in [0.5, 0.6) is 0 Å². The van der Waals surface area contributed by atoms with Crippen LogP contribution in [-0.4, -0.2) is 30.4 Å². The normalized spacial score (nSPS) is 18.2. The summed E-state index contributed by atoms with van der Waals surface area (Å²) in [4.78, 5) is 23.0. The summed E-state index contributed by atoms with van der Waals surface area (Å²) in [6, 6.07) is 7.75. The third-order valence-electron chi connectivity index (χ3n) is 2.65. The first-order valence-corrected chi connectivity index (χ1v) is 8.11. The predicted molar refractivity (Wildman–Crippen MR) is 89.9 cm³/mol. The highest BCUT2D eigenvalue weighted by Crippen LogP contribution is 2.23. The van der Waals surface area contributed by atoms with Crippen molar-refractivity contribution in [3.63, 3.8) is 0 Å². The fraction of sp³-hybridized carbons (Fsp3) is 0.143. The number of halogens is 1. The number of nitrogens with one attached hydrogen (secondary N) is 1. The fourth-order valence-electron chi connectivity index (χ4n) is 1.57. The van der Waals surface area contributed by atoms with Gasteiger partial charge in [0.05, 0.1) is 18.2 Å². The highest BCUT2D eigenvalue weighted by atomic mass is 79.9. The molecule has 0 aromatic heterocycles. The van der Waals surface area contributed by atoms with E-state index in [2.05, 4.69) is 36.2 Å². The summed E-state index contributed by atoms with van der Waals surface area (Å²) >= 11 is 4.44. The van der Waals surface area contributed by atoms with Gasteiger partial charge in [0.15, 0.2) is 5.17 Å². The Morgan fingerprint density at radius 3 is 2.95 bits per heavy atom. The number of carbonyl (C=O) groups excluding carboxylic acids is 2. The summed E-state index contributed by atoms with van der Waals surface area (Å²) in [7, 11) is 1.25. The van der Waals surface area contributed by atoms with E-state index in [4.69, 9.17) is 0 Å². The zero-order valence-electron chi connectivity index (χ0n) is 11.6. The van der Waals surface area contributed by atoms with Gasteiger partial charge in [-0.15, -0.1) is 5.10 Å². The third-order valence-corrected chi connectivity index (χ3v) is 4.15. The number of hydrogen-bond acceptors (Lipinski definition) is 6. The van der Waals surface area contributed by atoms with Gasteiger partial charge in [-0.2, -0.15) is 5.10 Å². The van der Waals surface area contributed by atoms with Crippen molar-refractivity contribution in [2.45, 2.75) is 5.33 Å². The van der Waals surface area contributed by atoms with Crippen LogP contribution in [0.3, 0.4) is 0 Å². The summed E-state index contributed by atoms with van der Waals surface area (Å²) in [5.74, 6) is -0.987. The van der Waals surface area contributed by atoms with Crippen molar-refractivity contribution >= 4 is 51.0 Å². The number of amides is 1. The molecule has 1 aliphatic rings. The van der Waals surface area contributed by atoms with E-state index in [0.717, 1.165) is 29.0 Å². The summed E-state index contributed by atoms with van der Waals surface area (Å²) in [5.41, 5.74) is 2.02. The van der Waals surface area contributed by atoms with Crippen molar-refractivity contribution in [3.05, 3.63) is 46.4 Å². The van der Waals surface area contributed by atoms with Crippen LogP contribution in [0.4, 0.5) is 0 Å². The first kappa shape index (κ1) is 16.4. The number of esters is 1. The molecule has 1 aromatic carbocycles. The van der Waals surface area contributed by atoms with Gasteiger partial charge in [-0.25, -0.2) is 4.79 Å². The van der Waals surface area contributed by atoms with Gasteiger partial charge in [-0.3, -0.25) is 10.1 Å². The molecular formula is C14H12BrN3O3S. The smallest absolute Gasteiger partial charge is 0.331 e. The van der Waals surface area contributed by atoms with Crippen LogP contribution < -0.4 is 5.32 Å². The second-order valence-corrected chi connectivity index (χ2v) is 5.66. The molecule has 1 saturated heterocycles. The maximum Gasteiger partial charge on any atom is 0.331 e. The van der Waals surface area contributed by atoms with Crippen molar-refractivity contribution in [1.29, 1.82) is 0 Å². The standard InChI is InChI=1S/C14H12BrN3O3S/c1-21-12(19)6-11-13(20)17-14(22-11)18-16-8-10-5-3-2-4-9(10)7-15/h2-6,8H,7H2,1H3,(H,17,18,20)/b11-6+,16-8?. The minimum absolute atomic E-state index is 0.224. The van der Waals surface area contributed by atoms with Crippen molar-refractivity contribution in [1.82, 2.24) is 5.32 Å². The molecule has 1 amide bonds. The van der Waals surface area contributed by atoms with E-state index in [1.807, 2.05) is 24.3 Å². The van der Waals surface area contributed by atoms with E-state index in [1.165, 1.54) is 7.11 Å². The molecule has 0 atom stereocenters. The first-order valence-electron chi connectivity index (χ1n) is 6.17. The Bertz CT molecular complexity index is 686. The number of benzene rings is 1. The number of nitrogens with zero attached hydrogens (tertiary/aromatic N) is 2. The SMILES string of the molecule is COC(=O)/C=C1/S/C(=N\N=Cc2ccccc2CBr)NC1=O. The summed E-state index contributed by atoms with van der Waals surface area (Å²) in [6.45, 7) is 0. The Morgan fingerprint density at radius 2 is 2.23 bits per heavy atom. The van der Waals surface area contributed by atoms with Crippen LogP contribution >= 0.6 is 27.7 Å². The molecule has 0 saturated carbocycles. The molecule has 0 spiro atoms. The van der Waals surface area contributed by atoms with Crippen LogP contribution in [0.25, 0.3) is 0 Å². The van der Waals surface area contributed by atoms with Crippen molar-refractivity contribution in [2.75, 3.05) is 7.11 Å². The monoisotopic (exact) mass is 381 g/mol. The Labute approximate surface area is 139 Å². The molecule has 1 aliphatic heterocycles. The molecule has 6 nitrogen and oxygen atoms in total. The van der Waals surface area contributed by atoms with Crippen molar-refractivity contribution < 1.29 is 14.3 Å². The zero-order chi connectivity index (χ0) is 15.9. The van der Waals surface area contributed by atoms with Gasteiger partial charge < -0.3 is 4.74 Å². The van der Waals surface area contributed by atoms with Crippen LogP contribution in [0.1, 0.15) is 11.1 Å². The van der Waals surface area contributed by atoms with Gasteiger partial charge in [0.1, 0.15) is 0 Å². The Balaban J connectivity index is 2.09.